The fourth-order valence-corrected chi connectivity index (χ4v) is 1.38. The molecule has 2 amide bonds. The number of hydrazine groups is 1. The van der Waals surface area contributed by atoms with Gasteiger partial charge in [0.05, 0.1) is 6.33 Å². The van der Waals surface area contributed by atoms with Gasteiger partial charge in [0.15, 0.2) is 0 Å². The van der Waals surface area contributed by atoms with Gasteiger partial charge in [0.25, 0.3) is 5.91 Å². The van der Waals surface area contributed by atoms with Crippen molar-refractivity contribution in [3.8, 4) is 0 Å². The van der Waals surface area contributed by atoms with Crippen LogP contribution in [0.5, 0.6) is 0 Å². The number of imidazole rings is 1. The summed E-state index contributed by atoms with van der Waals surface area (Å²) < 4.78 is 5.09. The Morgan fingerprint density at radius 1 is 1.53 bits per heavy atom. The molecule has 0 saturated heterocycles. The maximum absolute atomic E-state index is 11.6. The standard InChI is InChI=1S/C11H19N5O3/c1-11(2,3)19-10(18)15-8(9(17)16-12)4-7-5-13-6-14-7/h5-6,8H,4,12H2,1-3H3,(H,13,14)(H,15,18)(H,16,17)/t8-/m1/s1. The Morgan fingerprint density at radius 2 is 2.21 bits per heavy atom. The van der Waals surface area contributed by atoms with E-state index in [2.05, 4.69) is 15.3 Å². The molecule has 8 nitrogen and oxygen atoms in total. The van der Waals surface area contributed by atoms with Crippen LogP contribution < -0.4 is 16.6 Å². The lowest BCUT2D eigenvalue weighted by Gasteiger charge is -2.22. The lowest BCUT2D eigenvalue weighted by Crippen LogP contribution is -2.51. The summed E-state index contributed by atoms with van der Waals surface area (Å²) in [5.41, 5.74) is 2.06. The normalized spacial score (nSPS) is 12.6. The Bertz CT molecular complexity index is 424. The number of hydrogen-bond acceptors (Lipinski definition) is 5. The average molecular weight is 269 g/mol. The van der Waals surface area contributed by atoms with Crippen molar-refractivity contribution in [3.05, 3.63) is 18.2 Å². The van der Waals surface area contributed by atoms with Crippen molar-refractivity contribution in [1.82, 2.24) is 20.7 Å². The first-order valence-electron chi connectivity index (χ1n) is 5.79. The van der Waals surface area contributed by atoms with Gasteiger partial charge in [-0.2, -0.15) is 0 Å². The lowest BCUT2D eigenvalue weighted by molar-refractivity contribution is -0.123. The van der Waals surface area contributed by atoms with Crippen LogP contribution in [0.2, 0.25) is 0 Å². The summed E-state index contributed by atoms with van der Waals surface area (Å²) in [5, 5.41) is 2.46. The molecule has 0 unspecified atom stereocenters. The van der Waals surface area contributed by atoms with Crippen molar-refractivity contribution >= 4 is 12.0 Å². The van der Waals surface area contributed by atoms with Crippen LogP contribution in [0.4, 0.5) is 4.79 Å². The molecule has 5 N–H and O–H groups in total. The zero-order valence-electron chi connectivity index (χ0n) is 11.2. The van der Waals surface area contributed by atoms with E-state index in [1.165, 1.54) is 6.33 Å². The van der Waals surface area contributed by atoms with Gasteiger partial charge in [-0.15, -0.1) is 0 Å². The van der Waals surface area contributed by atoms with Gasteiger partial charge in [-0.25, -0.2) is 15.6 Å². The largest absolute Gasteiger partial charge is 0.444 e. The number of nitrogens with one attached hydrogen (secondary N) is 3. The highest BCUT2D eigenvalue weighted by atomic mass is 16.6. The molecule has 0 spiro atoms. The quantitative estimate of drug-likeness (QED) is 0.343. The maximum atomic E-state index is 11.6. The second-order valence-electron chi connectivity index (χ2n) is 4.99. The highest BCUT2D eigenvalue weighted by molar-refractivity contribution is 5.85. The van der Waals surface area contributed by atoms with E-state index in [1.807, 2.05) is 5.43 Å². The number of ether oxygens (including phenoxy) is 1. The van der Waals surface area contributed by atoms with Crippen molar-refractivity contribution < 1.29 is 14.3 Å². The smallest absolute Gasteiger partial charge is 0.408 e. The predicted molar refractivity (Wildman–Crippen MR) is 67.8 cm³/mol. The van der Waals surface area contributed by atoms with Crippen molar-refractivity contribution in [2.24, 2.45) is 5.84 Å². The summed E-state index contributed by atoms with van der Waals surface area (Å²) in [6, 6.07) is -0.833. The first-order chi connectivity index (χ1) is 8.81. The van der Waals surface area contributed by atoms with Crippen LogP contribution >= 0.6 is 0 Å². The van der Waals surface area contributed by atoms with Crippen LogP contribution in [-0.4, -0.2) is 33.6 Å². The zero-order valence-corrected chi connectivity index (χ0v) is 11.2. The molecule has 1 atom stereocenters. The molecule has 1 aromatic rings. The Hall–Kier alpha value is -2.09. The molecule has 0 fully saturated rings. The maximum Gasteiger partial charge on any atom is 0.408 e. The fraction of sp³-hybridized carbons (Fsp3) is 0.545. The second kappa shape index (κ2) is 6.19. The van der Waals surface area contributed by atoms with Crippen molar-refractivity contribution in [1.29, 1.82) is 0 Å². The molecule has 0 radical (unpaired) electrons. The summed E-state index contributed by atoms with van der Waals surface area (Å²) >= 11 is 0. The van der Waals surface area contributed by atoms with Crippen LogP contribution in [0.25, 0.3) is 0 Å². The minimum atomic E-state index is -0.833. The molecular weight excluding hydrogens is 250 g/mol. The van der Waals surface area contributed by atoms with Gasteiger partial charge in [-0.05, 0) is 20.8 Å². The minimum Gasteiger partial charge on any atom is -0.444 e. The summed E-state index contributed by atoms with van der Waals surface area (Å²) in [5.74, 6) is 4.57. The molecule has 19 heavy (non-hydrogen) atoms. The van der Waals surface area contributed by atoms with E-state index in [0.717, 1.165) is 0 Å². The summed E-state index contributed by atoms with van der Waals surface area (Å²) in [4.78, 5) is 29.9. The zero-order chi connectivity index (χ0) is 14.5. The third-order valence-corrected chi connectivity index (χ3v) is 2.13. The molecule has 8 heteroatoms. The average Bonchev–Trinajstić information content (AvgIpc) is 2.77. The van der Waals surface area contributed by atoms with Crippen molar-refractivity contribution in [2.75, 3.05) is 0 Å². The summed E-state index contributed by atoms with van der Waals surface area (Å²) in [6.07, 6.45) is 2.61. The Kier molecular flexibility index (Phi) is 4.87. The number of H-pyrrole nitrogens is 1. The first kappa shape index (κ1) is 15.0. The number of nitrogens with zero attached hydrogens (tertiary/aromatic N) is 1. The number of rotatable bonds is 4. The van der Waals surface area contributed by atoms with Crippen molar-refractivity contribution in [3.63, 3.8) is 0 Å². The first-order valence-corrected chi connectivity index (χ1v) is 5.79. The third-order valence-electron chi connectivity index (χ3n) is 2.13. The van der Waals surface area contributed by atoms with Crippen LogP contribution in [0.3, 0.4) is 0 Å². The van der Waals surface area contributed by atoms with E-state index < -0.39 is 23.6 Å². The fourth-order valence-electron chi connectivity index (χ4n) is 1.38. The van der Waals surface area contributed by atoms with Crippen molar-refractivity contribution in [2.45, 2.75) is 38.8 Å². The van der Waals surface area contributed by atoms with E-state index >= 15 is 0 Å². The van der Waals surface area contributed by atoms with Gasteiger partial charge in [0.2, 0.25) is 0 Å². The monoisotopic (exact) mass is 269 g/mol. The molecule has 1 aromatic heterocycles. The van der Waals surface area contributed by atoms with E-state index in [1.54, 1.807) is 27.0 Å². The summed E-state index contributed by atoms with van der Waals surface area (Å²) in [7, 11) is 0. The van der Waals surface area contributed by atoms with Crippen LogP contribution in [0, 0.1) is 0 Å². The molecule has 1 heterocycles. The van der Waals surface area contributed by atoms with Crippen LogP contribution in [0.15, 0.2) is 12.5 Å². The number of nitrogens with two attached hydrogens (primary N) is 1. The number of carbonyl (C=O) groups is 2. The number of alkyl carbamates (subject to hydrolysis) is 1. The van der Waals surface area contributed by atoms with Gasteiger partial charge < -0.3 is 15.0 Å². The third kappa shape index (κ3) is 5.38. The number of aromatic amines is 1. The minimum absolute atomic E-state index is 0.238. The Labute approximate surface area is 111 Å². The highest BCUT2D eigenvalue weighted by Crippen LogP contribution is 2.07. The second-order valence-corrected chi connectivity index (χ2v) is 4.99. The van der Waals surface area contributed by atoms with Gasteiger partial charge >= 0.3 is 6.09 Å². The molecule has 106 valence electrons. The van der Waals surface area contributed by atoms with E-state index in [0.29, 0.717) is 5.69 Å². The van der Waals surface area contributed by atoms with Crippen LogP contribution in [0.1, 0.15) is 26.5 Å². The van der Waals surface area contributed by atoms with Crippen LogP contribution in [-0.2, 0) is 16.0 Å². The molecular formula is C11H19N5O3. The predicted octanol–water partition coefficient (Wildman–Crippen LogP) is -0.165. The number of carbonyl (C=O) groups excluding carboxylic acids is 2. The number of aromatic nitrogens is 2. The topological polar surface area (TPSA) is 122 Å². The Balaban J connectivity index is 2.65. The van der Waals surface area contributed by atoms with Gasteiger partial charge in [0.1, 0.15) is 11.6 Å². The van der Waals surface area contributed by atoms with Gasteiger partial charge in [0, 0.05) is 18.3 Å². The number of hydrogen-bond donors (Lipinski definition) is 4. The summed E-state index contributed by atoms with van der Waals surface area (Å²) in [6.45, 7) is 5.21. The lowest BCUT2D eigenvalue weighted by atomic mass is 10.1. The molecule has 1 rings (SSSR count). The van der Waals surface area contributed by atoms with Gasteiger partial charge in [-0.3, -0.25) is 10.2 Å². The highest BCUT2D eigenvalue weighted by Gasteiger charge is 2.24. The number of amides is 2. The van der Waals surface area contributed by atoms with E-state index in [9.17, 15) is 9.59 Å². The molecule has 0 aliphatic rings. The SMILES string of the molecule is CC(C)(C)OC(=O)N[C@H](Cc1cnc[nH]1)C(=O)NN. The molecule has 0 bridgehead atoms. The molecule has 0 aliphatic carbocycles. The Morgan fingerprint density at radius 3 is 2.68 bits per heavy atom. The van der Waals surface area contributed by atoms with E-state index in [-0.39, 0.29) is 6.42 Å². The molecule has 0 aromatic carbocycles. The van der Waals surface area contributed by atoms with Gasteiger partial charge in [-0.1, -0.05) is 0 Å². The van der Waals surface area contributed by atoms with E-state index in [4.69, 9.17) is 10.6 Å². The molecule has 0 saturated carbocycles. The molecule has 0 aliphatic heterocycles.